The molecule has 11 heavy (non-hydrogen) atoms. The Bertz CT molecular complexity index is 94.2. The fraction of sp³-hybridized carbons (Fsp3) is 1.00. The molecule has 0 saturated heterocycles. The number of hydrogen-bond acceptors (Lipinski definition) is 0. The van der Waals surface area contributed by atoms with Crippen molar-refractivity contribution in [2.75, 3.05) is 0 Å². The molecule has 0 aromatic carbocycles. The lowest BCUT2D eigenvalue weighted by Crippen LogP contribution is -2.23. The van der Waals surface area contributed by atoms with Gasteiger partial charge in [0.05, 0.1) is 0 Å². The van der Waals surface area contributed by atoms with Gasteiger partial charge >= 0.3 is 0 Å². The molecular formula is C9H18F2. The quantitative estimate of drug-likeness (QED) is 0.578. The van der Waals surface area contributed by atoms with Gasteiger partial charge in [-0.2, -0.15) is 0 Å². The van der Waals surface area contributed by atoms with Crippen molar-refractivity contribution < 1.29 is 8.78 Å². The summed E-state index contributed by atoms with van der Waals surface area (Å²) in [7, 11) is 0. The second kappa shape index (κ2) is 4.68. The van der Waals surface area contributed by atoms with Gasteiger partial charge in [0, 0.05) is 5.92 Å². The third-order valence-corrected chi connectivity index (χ3v) is 2.12. The van der Waals surface area contributed by atoms with Gasteiger partial charge in [-0.05, 0) is 19.8 Å². The van der Waals surface area contributed by atoms with Gasteiger partial charge in [-0.1, -0.05) is 26.7 Å². The molecule has 0 aliphatic rings. The summed E-state index contributed by atoms with van der Waals surface area (Å²) in [6, 6.07) is 0. The van der Waals surface area contributed by atoms with Crippen molar-refractivity contribution in [2.45, 2.75) is 52.4 Å². The Kier molecular flexibility index (Phi) is 4.62. The normalized spacial score (nSPS) is 15.0. The highest BCUT2D eigenvalue weighted by Gasteiger charge is 2.31. The summed E-state index contributed by atoms with van der Waals surface area (Å²) in [5, 5.41) is 0. The van der Waals surface area contributed by atoms with Crippen molar-refractivity contribution >= 4 is 0 Å². The average Bonchev–Trinajstić information content (AvgIpc) is 1.87. The molecule has 0 aliphatic heterocycles. The van der Waals surface area contributed by atoms with E-state index in [2.05, 4.69) is 0 Å². The highest BCUT2D eigenvalue weighted by molar-refractivity contribution is 4.70. The van der Waals surface area contributed by atoms with Crippen molar-refractivity contribution in [1.29, 1.82) is 0 Å². The topological polar surface area (TPSA) is 0 Å². The van der Waals surface area contributed by atoms with Crippen LogP contribution >= 0.6 is 0 Å². The zero-order valence-electron chi connectivity index (χ0n) is 7.66. The number of alkyl halides is 2. The first-order chi connectivity index (χ1) is 5.02. The summed E-state index contributed by atoms with van der Waals surface area (Å²) in [6.07, 6.45) is 3.18. The van der Waals surface area contributed by atoms with Crippen LogP contribution in [0, 0.1) is 5.92 Å². The molecule has 0 rings (SSSR count). The van der Waals surface area contributed by atoms with Crippen LogP contribution in [0.5, 0.6) is 0 Å². The van der Waals surface area contributed by atoms with Gasteiger partial charge in [0.15, 0.2) is 0 Å². The molecule has 0 heterocycles. The van der Waals surface area contributed by atoms with Gasteiger partial charge in [0.2, 0.25) is 5.92 Å². The number of unbranched alkanes of at least 4 members (excludes halogenated alkanes) is 1. The zero-order chi connectivity index (χ0) is 8.91. The van der Waals surface area contributed by atoms with E-state index in [1.54, 1.807) is 0 Å². The van der Waals surface area contributed by atoms with E-state index in [0.717, 1.165) is 19.8 Å². The van der Waals surface area contributed by atoms with Gasteiger partial charge in [-0.3, -0.25) is 0 Å². The molecule has 0 nitrogen and oxygen atoms in total. The van der Waals surface area contributed by atoms with Gasteiger partial charge in [0.1, 0.15) is 0 Å². The molecule has 0 aromatic rings. The fourth-order valence-corrected chi connectivity index (χ4v) is 1.27. The maximum atomic E-state index is 12.7. The molecule has 2 heteroatoms. The van der Waals surface area contributed by atoms with E-state index in [1.165, 1.54) is 0 Å². The van der Waals surface area contributed by atoms with E-state index in [-0.39, 0.29) is 0 Å². The summed E-state index contributed by atoms with van der Waals surface area (Å²) in [6.45, 7) is 4.88. The predicted molar refractivity (Wildman–Crippen MR) is 43.9 cm³/mol. The minimum atomic E-state index is -2.48. The zero-order valence-corrected chi connectivity index (χ0v) is 7.66. The Hall–Kier alpha value is -0.140. The van der Waals surface area contributed by atoms with Crippen molar-refractivity contribution in [3.8, 4) is 0 Å². The van der Waals surface area contributed by atoms with E-state index in [1.807, 2.05) is 13.8 Å². The first kappa shape index (κ1) is 10.9. The lowest BCUT2D eigenvalue weighted by atomic mass is 9.94. The van der Waals surface area contributed by atoms with Crippen LogP contribution in [0.25, 0.3) is 0 Å². The molecule has 0 saturated carbocycles. The van der Waals surface area contributed by atoms with Crippen molar-refractivity contribution in [1.82, 2.24) is 0 Å². The van der Waals surface area contributed by atoms with Gasteiger partial charge in [0.25, 0.3) is 0 Å². The summed E-state index contributed by atoms with van der Waals surface area (Å²) in [5.41, 5.74) is 0. The Morgan fingerprint density at radius 2 is 1.82 bits per heavy atom. The summed E-state index contributed by atoms with van der Waals surface area (Å²) >= 11 is 0. The van der Waals surface area contributed by atoms with Crippen LogP contribution in [-0.2, 0) is 0 Å². The van der Waals surface area contributed by atoms with Gasteiger partial charge in [-0.15, -0.1) is 0 Å². The summed E-state index contributed by atoms with van der Waals surface area (Å²) < 4.78 is 25.4. The van der Waals surface area contributed by atoms with Crippen LogP contribution < -0.4 is 0 Å². The molecule has 0 aliphatic carbocycles. The summed E-state index contributed by atoms with van der Waals surface area (Å²) in [5.74, 6) is -2.90. The molecule has 1 atom stereocenters. The predicted octanol–water partition coefficient (Wildman–Crippen LogP) is 3.86. The third kappa shape index (κ3) is 4.33. The first-order valence-electron chi connectivity index (χ1n) is 4.40. The molecule has 68 valence electrons. The van der Waals surface area contributed by atoms with E-state index < -0.39 is 11.8 Å². The molecule has 0 bridgehead atoms. The largest absolute Gasteiger partial charge is 0.248 e. The highest BCUT2D eigenvalue weighted by atomic mass is 19.3. The molecule has 0 amide bonds. The minimum Gasteiger partial charge on any atom is -0.207 e. The molecule has 0 radical (unpaired) electrons. The highest BCUT2D eigenvalue weighted by Crippen LogP contribution is 2.30. The van der Waals surface area contributed by atoms with Crippen LogP contribution in [0.2, 0.25) is 0 Å². The van der Waals surface area contributed by atoms with Crippen molar-refractivity contribution in [3.05, 3.63) is 0 Å². The molecule has 0 aromatic heterocycles. The summed E-state index contributed by atoms with van der Waals surface area (Å²) in [4.78, 5) is 0. The lowest BCUT2D eigenvalue weighted by molar-refractivity contribution is -0.0448. The first-order valence-corrected chi connectivity index (χ1v) is 4.40. The molecular weight excluding hydrogens is 146 g/mol. The smallest absolute Gasteiger partial charge is 0.207 e. The second-order valence-corrected chi connectivity index (χ2v) is 3.20. The van der Waals surface area contributed by atoms with E-state index in [4.69, 9.17) is 0 Å². The second-order valence-electron chi connectivity index (χ2n) is 3.20. The van der Waals surface area contributed by atoms with Gasteiger partial charge in [-0.25, -0.2) is 8.78 Å². The van der Waals surface area contributed by atoms with Crippen LogP contribution in [0.15, 0.2) is 0 Å². The monoisotopic (exact) mass is 164 g/mol. The Morgan fingerprint density at radius 3 is 2.09 bits per heavy atom. The van der Waals surface area contributed by atoms with Crippen molar-refractivity contribution in [2.24, 2.45) is 5.92 Å². The maximum Gasteiger partial charge on any atom is 0.248 e. The standard InChI is InChI=1S/C9H18F2/c1-4-6-7-8(5-2)9(3,10)11/h8H,4-7H2,1-3H3. The lowest BCUT2D eigenvalue weighted by Gasteiger charge is -2.21. The Labute approximate surface area is 68.0 Å². The molecule has 0 spiro atoms. The Balaban J connectivity index is 3.76. The Morgan fingerprint density at radius 1 is 1.27 bits per heavy atom. The number of rotatable bonds is 5. The van der Waals surface area contributed by atoms with Crippen LogP contribution in [-0.4, -0.2) is 5.92 Å². The molecule has 1 unspecified atom stereocenters. The van der Waals surface area contributed by atoms with Crippen LogP contribution in [0.3, 0.4) is 0 Å². The number of hydrogen-bond donors (Lipinski definition) is 0. The maximum absolute atomic E-state index is 12.7. The van der Waals surface area contributed by atoms with Crippen LogP contribution in [0.4, 0.5) is 8.78 Å². The van der Waals surface area contributed by atoms with Crippen LogP contribution in [0.1, 0.15) is 46.5 Å². The molecule has 0 fully saturated rings. The van der Waals surface area contributed by atoms with Crippen molar-refractivity contribution in [3.63, 3.8) is 0 Å². The SMILES string of the molecule is CCCCC(CC)C(C)(F)F. The average molecular weight is 164 g/mol. The van der Waals surface area contributed by atoms with Gasteiger partial charge < -0.3 is 0 Å². The number of halogens is 2. The third-order valence-electron chi connectivity index (χ3n) is 2.12. The molecule has 0 N–H and O–H groups in total. The van der Waals surface area contributed by atoms with E-state index >= 15 is 0 Å². The fourth-order valence-electron chi connectivity index (χ4n) is 1.27. The van der Waals surface area contributed by atoms with E-state index in [0.29, 0.717) is 12.8 Å². The van der Waals surface area contributed by atoms with E-state index in [9.17, 15) is 8.78 Å². The minimum absolute atomic E-state index is 0.414.